The van der Waals surface area contributed by atoms with Crippen LogP contribution in [0.5, 0.6) is 0 Å². The fourth-order valence-corrected chi connectivity index (χ4v) is 1.58. The maximum Gasteiger partial charge on any atom is 0.357 e. The van der Waals surface area contributed by atoms with E-state index in [-0.39, 0.29) is 5.69 Å². The maximum atomic E-state index is 11.0. The van der Waals surface area contributed by atoms with E-state index < -0.39 is 5.97 Å². The van der Waals surface area contributed by atoms with Crippen LogP contribution >= 0.6 is 0 Å². The highest BCUT2D eigenvalue weighted by atomic mass is 16.4. The summed E-state index contributed by atoms with van der Waals surface area (Å²) >= 11 is 0. The predicted molar refractivity (Wildman–Crippen MR) is 60.0 cm³/mol. The van der Waals surface area contributed by atoms with Gasteiger partial charge >= 0.3 is 5.97 Å². The molecule has 5 heteroatoms. The van der Waals surface area contributed by atoms with Crippen molar-refractivity contribution in [3.05, 3.63) is 36.0 Å². The number of anilines is 1. The highest BCUT2D eigenvalue weighted by Crippen LogP contribution is 2.28. The van der Waals surface area contributed by atoms with Crippen LogP contribution in [0.1, 0.15) is 10.5 Å². The zero-order valence-corrected chi connectivity index (χ0v) is 8.71. The number of nitrogen functional groups attached to an aromatic ring is 1. The molecule has 0 radical (unpaired) electrons. The zero-order chi connectivity index (χ0) is 11.7. The third-order valence-electron chi connectivity index (χ3n) is 2.36. The van der Waals surface area contributed by atoms with Crippen LogP contribution in [0.2, 0.25) is 0 Å². The molecule has 2 aromatic rings. The van der Waals surface area contributed by atoms with Crippen molar-refractivity contribution in [2.45, 2.75) is 0 Å². The van der Waals surface area contributed by atoms with E-state index in [1.54, 1.807) is 19.2 Å². The molecule has 0 saturated carbocycles. The van der Waals surface area contributed by atoms with Gasteiger partial charge in [-0.25, -0.2) is 4.79 Å². The highest BCUT2D eigenvalue weighted by molar-refractivity contribution is 5.97. The van der Waals surface area contributed by atoms with Crippen LogP contribution in [-0.2, 0) is 7.05 Å². The van der Waals surface area contributed by atoms with Gasteiger partial charge in [0.05, 0.1) is 5.56 Å². The Labute approximate surface area is 92.1 Å². The number of benzene rings is 1. The van der Waals surface area contributed by atoms with Gasteiger partial charge in [-0.1, -0.05) is 30.3 Å². The fraction of sp³-hybridized carbons (Fsp3) is 0.0909. The smallest absolute Gasteiger partial charge is 0.357 e. The summed E-state index contributed by atoms with van der Waals surface area (Å²) in [6, 6.07) is 9.12. The number of carbonyl (C=O) groups is 1. The summed E-state index contributed by atoms with van der Waals surface area (Å²) in [6.07, 6.45) is 0. The number of rotatable bonds is 2. The zero-order valence-electron chi connectivity index (χ0n) is 8.71. The second kappa shape index (κ2) is 3.69. The lowest BCUT2D eigenvalue weighted by Gasteiger charge is -2.01. The predicted octanol–water partition coefficient (Wildman–Crippen LogP) is 1.37. The molecule has 0 aliphatic rings. The van der Waals surface area contributed by atoms with Crippen molar-refractivity contribution >= 4 is 11.8 Å². The van der Waals surface area contributed by atoms with Gasteiger partial charge in [-0.15, -0.1) is 0 Å². The van der Waals surface area contributed by atoms with Gasteiger partial charge in [0.25, 0.3) is 0 Å². The first-order valence-corrected chi connectivity index (χ1v) is 4.72. The Morgan fingerprint density at radius 1 is 1.38 bits per heavy atom. The molecule has 5 nitrogen and oxygen atoms in total. The third-order valence-corrected chi connectivity index (χ3v) is 2.36. The number of nitrogens with zero attached hydrogens (tertiary/aromatic N) is 2. The minimum absolute atomic E-state index is 0.0220. The number of hydrogen-bond donors (Lipinski definition) is 2. The van der Waals surface area contributed by atoms with E-state index in [0.29, 0.717) is 11.4 Å². The molecule has 2 rings (SSSR count). The molecule has 0 aliphatic carbocycles. The first-order valence-electron chi connectivity index (χ1n) is 4.72. The van der Waals surface area contributed by atoms with Crippen molar-refractivity contribution in [1.82, 2.24) is 9.78 Å². The molecule has 0 aliphatic heterocycles. The Bertz CT molecular complexity index is 532. The van der Waals surface area contributed by atoms with Crippen molar-refractivity contribution in [2.75, 3.05) is 5.73 Å². The minimum atomic E-state index is -1.08. The molecule has 1 heterocycles. The Balaban J connectivity index is 2.68. The van der Waals surface area contributed by atoms with E-state index in [9.17, 15) is 4.79 Å². The molecule has 0 saturated heterocycles. The molecule has 0 amide bonds. The number of hydrogen-bond acceptors (Lipinski definition) is 3. The summed E-state index contributed by atoms with van der Waals surface area (Å²) in [6.45, 7) is 0. The quantitative estimate of drug-likeness (QED) is 0.796. The molecule has 0 fully saturated rings. The lowest BCUT2D eigenvalue weighted by molar-refractivity contribution is 0.0690. The second-order valence-electron chi connectivity index (χ2n) is 3.40. The summed E-state index contributed by atoms with van der Waals surface area (Å²) in [4.78, 5) is 11.0. The fourth-order valence-electron chi connectivity index (χ4n) is 1.58. The molecular formula is C11H11N3O2. The van der Waals surface area contributed by atoms with E-state index in [1.165, 1.54) is 4.68 Å². The topological polar surface area (TPSA) is 81.1 Å². The molecule has 0 unspecified atom stereocenters. The lowest BCUT2D eigenvalue weighted by Crippen LogP contribution is -2.00. The van der Waals surface area contributed by atoms with Gasteiger partial charge in [0, 0.05) is 7.05 Å². The van der Waals surface area contributed by atoms with E-state index >= 15 is 0 Å². The monoisotopic (exact) mass is 217 g/mol. The maximum absolute atomic E-state index is 11.0. The highest BCUT2D eigenvalue weighted by Gasteiger charge is 2.20. The summed E-state index contributed by atoms with van der Waals surface area (Å²) in [5, 5.41) is 12.9. The normalized spacial score (nSPS) is 10.3. The number of aromatic nitrogens is 2. The van der Waals surface area contributed by atoms with Crippen molar-refractivity contribution in [3.63, 3.8) is 0 Å². The largest absolute Gasteiger partial charge is 0.476 e. The Hall–Kier alpha value is -2.30. The van der Waals surface area contributed by atoms with Gasteiger partial charge in [0.15, 0.2) is 5.69 Å². The van der Waals surface area contributed by atoms with Crippen molar-refractivity contribution < 1.29 is 9.90 Å². The number of aromatic carboxylic acids is 1. The number of aryl methyl sites for hydroxylation is 1. The summed E-state index contributed by atoms with van der Waals surface area (Å²) in [7, 11) is 1.62. The van der Waals surface area contributed by atoms with Crippen LogP contribution in [0, 0.1) is 0 Å². The SMILES string of the molecule is Cn1nc(C(=O)O)c(-c2ccccc2)c1N. The molecular weight excluding hydrogens is 206 g/mol. The second-order valence-corrected chi connectivity index (χ2v) is 3.40. The average molecular weight is 217 g/mol. The van der Waals surface area contributed by atoms with Gasteiger partial charge < -0.3 is 10.8 Å². The third kappa shape index (κ3) is 1.52. The van der Waals surface area contributed by atoms with Crippen LogP contribution in [0.3, 0.4) is 0 Å². The van der Waals surface area contributed by atoms with Gasteiger partial charge in [-0.05, 0) is 5.56 Å². The minimum Gasteiger partial charge on any atom is -0.476 e. The summed E-state index contributed by atoms with van der Waals surface area (Å²) < 4.78 is 1.37. The van der Waals surface area contributed by atoms with Crippen molar-refractivity contribution in [2.24, 2.45) is 7.05 Å². The standard InChI is InChI=1S/C11H11N3O2/c1-14-10(12)8(9(13-14)11(15)16)7-5-3-2-4-6-7/h2-6H,12H2,1H3,(H,15,16). The number of nitrogens with two attached hydrogens (primary N) is 1. The first kappa shape index (κ1) is 10.2. The van der Waals surface area contributed by atoms with E-state index in [1.807, 2.05) is 18.2 Å². The van der Waals surface area contributed by atoms with Gasteiger partial charge in [-0.2, -0.15) is 5.10 Å². The average Bonchev–Trinajstić information content (AvgIpc) is 2.57. The Morgan fingerprint density at radius 2 is 2.00 bits per heavy atom. The summed E-state index contributed by atoms with van der Waals surface area (Å²) in [5.74, 6) is -0.727. The number of carboxylic acids is 1. The van der Waals surface area contributed by atoms with Crippen molar-refractivity contribution in [3.8, 4) is 11.1 Å². The molecule has 0 spiro atoms. The molecule has 82 valence electrons. The van der Waals surface area contributed by atoms with Crippen molar-refractivity contribution in [1.29, 1.82) is 0 Å². The molecule has 1 aromatic carbocycles. The van der Waals surface area contributed by atoms with Gasteiger partial charge in [-0.3, -0.25) is 4.68 Å². The van der Waals surface area contributed by atoms with Crippen LogP contribution in [0.4, 0.5) is 5.82 Å². The molecule has 0 bridgehead atoms. The molecule has 1 aromatic heterocycles. The number of carboxylic acid groups (broad SMARTS) is 1. The van der Waals surface area contributed by atoms with Crippen LogP contribution < -0.4 is 5.73 Å². The van der Waals surface area contributed by atoms with Gasteiger partial charge in [0.2, 0.25) is 0 Å². The lowest BCUT2D eigenvalue weighted by atomic mass is 10.1. The van der Waals surface area contributed by atoms with E-state index in [2.05, 4.69) is 5.10 Å². The van der Waals surface area contributed by atoms with E-state index in [4.69, 9.17) is 10.8 Å². The molecule has 0 atom stereocenters. The summed E-state index contributed by atoms with van der Waals surface area (Å²) in [5.41, 5.74) is 7.01. The van der Waals surface area contributed by atoms with Gasteiger partial charge in [0.1, 0.15) is 5.82 Å². The molecule has 3 N–H and O–H groups in total. The molecule has 16 heavy (non-hydrogen) atoms. The Morgan fingerprint density at radius 3 is 2.56 bits per heavy atom. The van der Waals surface area contributed by atoms with Crippen LogP contribution in [-0.4, -0.2) is 20.9 Å². The van der Waals surface area contributed by atoms with Crippen LogP contribution in [0.25, 0.3) is 11.1 Å². The van der Waals surface area contributed by atoms with E-state index in [0.717, 1.165) is 5.56 Å². The Kier molecular flexibility index (Phi) is 2.36. The first-order chi connectivity index (χ1) is 7.61. The van der Waals surface area contributed by atoms with Crippen LogP contribution in [0.15, 0.2) is 30.3 Å².